The van der Waals surface area contributed by atoms with Crippen LogP contribution in [0.3, 0.4) is 0 Å². The highest BCUT2D eigenvalue weighted by atomic mass is 32.2. The van der Waals surface area contributed by atoms with Crippen molar-refractivity contribution in [2.45, 2.75) is 56.8 Å². The van der Waals surface area contributed by atoms with E-state index in [1.54, 1.807) is 11.8 Å². The van der Waals surface area contributed by atoms with E-state index < -0.39 is 0 Å². The molecule has 2 aromatic rings. The van der Waals surface area contributed by atoms with Crippen molar-refractivity contribution in [3.63, 3.8) is 0 Å². The molecule has 2 aliphatic rings. The average molecular weight is 378 g/mol. The third-order valence-corrected chi connectivity index (χ3v) is 6.73. The van der Waals surface area contributed by atoms with Crippen LogP contribution in [-0.4, -0.2) is 12.3 Å². The van der Waals surface area contributed by atoms with Gasteiger partial charge in [-0.25, -0.2) is 0 Å². The first-order valence-electron chi connectivity index (χ1n) is 10.2. The van der Waals surface area contributed by atoms with Gasteiger partial charge in [0, 0.05) is 29.0 Å². The lowest BCUT2D eigenvalue weighted by molar-refractivity contribution is 0.103. The lowest BCUT2D eigenvalue weighted by Crippen LogP contribution is -2.21. The number of hydrogen-bond acceptors (Lipinski definition) is 3. The summed E-state index contributed by atoms with van der Waals surface area (Å²) in [5.41, 5.74) is 4.29. The first kappa shape index (κ1) is 18.4. The van der Waals surface area contributed by atoms with Gasteiger partial charge in [-0.15, -0.1) is 0 Å². The molecule has 0 fully saturated rings. The quantitative estimate of drug-likeness (QED) is 0.400. The summed E-state index contributed by atoms with van der Waals surface area (Å²) in [7, 11) is 0. The molecule has 0 unspecified atom stereocenters. The van der Waals surface area contributed by atoms with E-state index in [1.165, 1.54) is 54.7 Å². The SMILES string of the molecule is CCCCCCCCN1/C(=C2\Cc3ccccc3C2=O)Sc2ccccc21. The molecule has 1 heterocycles. The van der Waals surface area contributed by atoms with Crippen LogP contribution in [0.5, 0.6) is 0 Å². The predicted molar refractivity (Wildman–Crippen MR) is 115 cm³/mol. The van der Waals surface area contributed by atoms with Crippen LogP contribution in [0.15, 0.2) is 64.0 Å². The fourth-order valence-electron chi connectivity index (χ4n) is 4.03. The van der Waals surface area contributed by atoms with E-state index in [9.17, 15) is 4.79 Å². The first-order valence-corrected chi connectivity index (χ1v) is 11.0. The molecule has 0 saturated carbocycles. The number of hydrogen-bond donors (Lipinski definition) is 0. The van der Waals surface area contributed by atoms with Crippen molar-refractivity contribution in [3.05, 3.63) is 70.3 Å². The van der Waals surface area contributed by atoms with Crippen molar-refractivity contribution in [3.8, 4) is 0 Å². The number of para-hydroxylation sites is 1. The molecule has 0 atom stereocenters. The number of unbranched alkanes of at least 4 members (excludes halogenated alkanes) is 5. The summed E-state index contributed by atoms with van der Waals surface area (Å²) < 4.78 is 0. The monoisotopic (exact) mass is 377 g/mol. The third-order valence-electron chi connectivity index (χ3n) is 5.50. The predicted octanol–water partition coefficient (Wildman–Crippen LogP) is 6.61. The van der Waals surface area contributed by atoms with Crippen molar-refractivity contribution >= 4 is 23.2 Å². The van der Waals surface area contributed by atoms with Gasteiger partial charge in [-0.05, 0) is 24.1 Å². The van der Waals surface area contributed by atoms with Crippen molar-refractivity contribution in [1.29, 1.82) is 0 Å². The number of Topliss-reactive ketones (excluding diaryl/α,β-unsaturated/α-hetero) is 1. The van der Waals surface area contributed by atoms with Crippen LogP contribution in [0.25, 0.3) is 0 Å². The Kier molecular flexibility index (Phi) is 5.68. The molecule has 4 rings (SSSR count). The third kappa shape index (κ3) is 3.70. The fourth-order valence-corrected chi connectivity index (χ4v) is 5.26. The Morgan fingerprint density at radius 3 is 2.52 bits per heavy atom. The lowest BCUT2D eigenvalue weighted by atomic mass is 10.1. The van der Waals surface area contributed by atoms with Crippen molar-refractivity contribution < 1.29 is 4.79 Å². The molecule has 1 aliphatic heterocycles. The van der Waals surface area contributed by atoms with E-state index in [0.717, 1.165) is 29.1 Å². The largest absolute Gasteiger partial charge is 0.335 e. The van der Waals surface area contributed by atoms with Gasteiger partial charge in [-0.3, -0.25) is 4.79 Å². The number of carbonyl (C=O) groups excluding carboxylic acids is 1. The van der Waals surface area contributed by atoms with Crippen LogP contribution in [0, 0.1) is 0 Å². The molecule has 2 aromatic carbocycles. The zero-order valence-corrected chi connectivity index (χ0v) is 16.9. The fraction of sp³-hybridized carbons (Fsp3) is 0.375. The Labute approximate surface area is 166 Å². The molecular formula is C24H27NOS. The number of anilines is 1. The van der Waals surface area contributed by atoms with E-state index in [0.29, 0.717) is 0 Å². The van der Waals surface area contributed by atoms with Crippen molar-refractivity contribution in [2.24, 2.45) is 0 Å². The minimum atomic E-state index is 0.217. The van der Waals surface area contributed by atoms with E-state index >= 15 is 0 Å². The van der Waals surface area contributed by atoms with E-state index in [1.807, 2.05) is 18.2 Å². The summed E-state index contributed by atoms with van der Waals surface area (Å²) in [5, 5.41) is 1.16. The van der Waals surface area contributed by atoms with Gasteiger partial charge in [0.25, 0.3) is 0 Å². The molecule has 140 valence electrons. The van der Waals surface area contributed by atoms with Crippen molar-refractivity contribution in [2.75, 3.05) is 11.4 Å². The van der Waals surface area contributed by atoms with Crippen LogP contribution in [0.2, 0.25) is 0 Å². The Bertz CT molecular complexity index is 870. The minimum Gasteiger partial charge on any atom is -0.335 e. The smallest absolute Gasteiger partial charge is 0.192 e. The maximum absolute atomic E-state index is 13.0. The summed E-state index contributed by atoms with van der Waals surface area (Å²) in [6.45, 7) is 3.26. The molecule has 0 N–H and O–H groups in total. The molecule has 0 saturated heterocycles. The van der Waals surface area contributed by atoms with E-state index in [4.69, 9.17) is 0 Å². The number of benzene rings is 2. The summed E-state index contributed by atoms with van der Waals surface area (Å²) in [6, 6.07) is 16.6. The van der Waals surface area contributed by atoms with Gasteiger partial charge < -0.3 is 4.90 Å². The second-order valence-corrected chi connectivity index (χ2v) is 8.47. The first-order chi connectivity index (χ1) is 13.3. The normalized spacial score (nSPS) is 18.1. The lowest BCUT2D eigenvalue weighted by Gasteiger charge is -2.22. The summed E-state index contributed by atoms with van der Waals surface area (Å²) in [6.07, 6.45) is 8.48. The summed E-state index contributed by atoms with van der Waals surface area (Å²) in [5.74, 6) is 0.217. The standard InChI is InChI=1S/C24H27NOS/c1-2-3-4-5-6-11-16-25-21-14-9-10-15-22(21)27-24(25)20-17-18-12-7-8-13-19(18)23(20)26/h7-10,12-15H,2-6,11,16-17H2,1H3/b24-20-. The van der Waals surface area contributed by atoms with Crippen LogP contribution in [-0.2, 0) is 6.42 Å². The van der Waals surface area contributed by atoms with Crippen molar-refractivity contribution in [1.82, 2.24) is 0 Å². The Balaban J connectivity index is 1.56. The molecule has 2 nitrogen and oxygen atoms in total. The molecule has 0 radical (unpaired) electrons. The van der Waals surface area contributed by atoms with Gasteiger partial charge in [-0.1, -0.05) is 87.2 Å². The maximum Gasteiger partial charge on any atom is 0.192 e. The van der Waals surface area contributed by atoms with Gasteiger partial charge in [-0.2, -0.15) is 0 Å². The number of carbonyl (C=O) groups is 1. The van der Waals surface area contributed by atoms with E-state index in [2.05, 4.69) is 42.2 Å². The molecule has 0 aromatic heterocycles. The van der Waals surface area contributed by atoms with Gasteiger partial charge in [0.1, 0.15) is 0 Å². The topological polar surface area (TPSA) is 20.3 Å². The second-order valence-electron chi connectivity index (χ2n) is 7.44. The van der Waals surface area contributed by atoms with Gasteiger partial charge in [0.05, 0.1) is 10.7 Å². The Morgan fingerprint density at radius 2 is 1.67 bits per heavy atom. The Morgan fingerprint density at radius 1 is 0.926 bits per heavy atom. The molecule has 0 spiro atoms. The maximum atomic E-state index is 13.0. The number of ketones is 1. The highest BCUT2D eigenvalue weighted by molar-refractivity contribution is 8.03. The Hall–Kier alpha value is -2.00. The highest BCUT2D eigenvalue weighted by Crippen LogP contribution is 2.49. The molecular weight excluding hydrogens is 350 g/mol. The summed E-state index contributed by atoms with van der Waals surface area (Å²) in [4.78, 5) is 16.7. The summed E-state index contributed by atoms with van der Waals surface area (Å²) >= 11 is 1.77. The van der Waals surface area contributed by atoms with Gasteiger partial charge in [0.2, 0.25) is 0 Å². The molecule has 0 bridgehead atoms. The molecule has 3 heteroatoms. The number of nitrogens with zero attached hydrogens (tertiary/aromatic N) is 1. The minimum absolute atomic E-state index is 0.217. The van der Waals surface area contributed by atoms with Gasteiger partial charge >= 0.3 is 0 Å². The van der Waals surface area contributed by atoms with Crippen LogP contribution in [0.1, 0.15) is 61.4 Å². The molecule has 0 amide bonds. The number of thioether (sulfide) groups is 1. The van der Waals surface area contributed by atoms with E-state index in [-0.39, 0.29) is 5.78 Å². The van der Waals surface area contributed by atoms with Crippen LogP contribution < -0.4 is 4.90 Å². The molecule has 27 heavy (non-hydrogen) atoms. The van der Waals surface area contributed by atoms with Crippen LogP contribution >= 0.6 is 11.8 Å². The second kappa shape index (κ2) is 8.35. The number of rotatable bonds is 7. The zero-order chi connectivity index (χ0) is 18.6. The average Bonchev–Trinajstić information content (AvgIpc) is 3.23. The molecule has 1 aliphatic carbocycles. The number of fused-ring (bicyclic) bond motifs is 2. The van der Waals surface area contributed by atoms with Crippen LogP contribution in [0.4, 0.5) is 5.69 Å². The zero-order valence-electron chi connectivity index (χ0n) is 16.0. The van der Waals surface area contributed by atoms with Gasteiger partial charge in [0.15, 0.2) is 5.78 Å². The highest BCUT2D eigenvalue weighted by Gasteiger charge is 2.34. The number of allylic oxidation sites excluding steroid dienone is 1.